The number of anilines is 1. The van der Waals surface area contributed by atoms with Crippen LogP contribution in [0.3, 0.4) is 0 Å². The van der Waals surface area contributed by atoms with E-state index in [0.29, 0.717) is 30.0 Å². The summed E-state index contributed by atoms with van der Waals surface area (Å²) in [5.74, 6) is 1.23. The second kappa shape index (κ2) is 5.41. The van der Waals surface area contributed by atoms with Gasteiger partial charge >= 0.3 is 0 Å². The highest BCUT2D eigenvalue weighted by Crippen LogP contribution is 2.29. The van der Waals surface area contributed by atoms with Crippen molar-refractivity contribution in [3.8, 4) is 6.07 Å². The normalized spacial score (nSPS) is 21.1. The van der Waals surface area contributed by atoms with Crippen LogP contribution in [0.1, 0.15) is 22.3 Å². The summed E-state index contributed by atoms with van der Waals surface area (Å²) in [7, 11) is 1.75. The first-order valence-corrected chi connectivity index (χ1v) is 7.95. The molecule has 2 aliphatic heterocycles. The lowest BCUT2D eigenvalue weighted by Gasteiger charge is -2.26. The number of fused-ring (bicyclic) bond motifs is 1. The highest BCUT2D eigenvalue weighted by Gasteiger charge is 2.30. The number of hydrogen-bond acceptors (Lipinski definition) is 4. The maximum absolute atomic E-state index is 12.5. The number of amides is 2. The first-order chi connectivity index (χ1) is 10.1. The fraction of sp³-hybridized carbons (Fsp3) is 0.400. The predicted molar refractivity (Wildman–Crippen MR) is 81.1 cm³/mol. The Kier molecular flexibility index (Phi) is 3.60. The van der Waals surface area contributed by atoms with Crippen LogP contribution < -0.4 is 4.90 Å². The van der Waals surface area contributed by atoms with Crippen LogP contribution >= 0.6 is 11.8 Å². The van der Waals surface area contributed by atoms with Gasteiger partial charge < -0.3 is 9.80 Å². The molecule has 0 saturated carbocycles. The molecule has 0 unspecified atom stereocenters. The summed E-state index contributed by atoms with van der Waals surface area (Å²) in [5.41, 5.74) is 2.48. The molecule has 6 heteroatoms. The Morgan fingerprint density at radius 3 is 3.00 bits per heavy atom. The molecule has 1 fully saturated rings. The minimum absolute atomic E-state index is 0.0991. The zero-order valence-corrected chi connectivity index (χ0v) is 12.5. The molecule has 108 valence electrons. The minimum atomic E-state index is -0.345. The highest BCUT2D eigenvalue weighted by atomic mass is 32.2. The lowest BCUT2D eigenvalue weighted by atomic mass is 9.98. The second-order valence-corrected chi connectivity index (χ2v) is 6.22. The molecular formula is C15H15N3O2S. The van der Waals surface area contributed by atoms with E-state index >= 15 is 0 Å². The van der Waals surface area contributed by atoms with Crippen LogP contribution in [0.2, 0.25) is 0 Å². The number of rotatable bonds is 1. The van der Waals surface area contributed by atoms with E-state index in [2.05, 4.69) is 6.07 Å². The van der Waals surface area contributed by atoms with E-state index < -0.39 is 0 Å². The van der Waals surface area contributed by atoms with Gasteiger partial charge in [-0.25, -0.2) is 0 Å². The summed E-state index contributed by atoms with van der Waals surface area (Å²) in [6.07, 6.45) is 1.14. The lowest BCUT2D eigenvalue weighted by molar-refractivity contribution is -0.118. The fourth-order valence-electron chi connectivity index (χ4n) is 2.71. The molecule has 0 aliphatic carbocycles. The number of aryl methyl sites for hydroxylation is 1. The van der Waals surface area contributed by atoms with Gasteiger partial charge in [0.15, 0.2) is 0 Å². The zero-order valence-electron chi connectivity index (χ0n) is 11.7. The first kappa shape index (κ1) is 14.0. The number of carbonyl (C=O) groups excluding carboxylic acids is 2. The van der Waals surface area contributed by atoms with Crippen molar-refractivity contribution in [3.05, 3.63) is 29.3 Å². The molecule has 1 atom stereocenters. The van der Waals surface area contributed by atoms with Crippen LogP contribution in [0.5, 0.6) is 0 Å². The monoisotopic (exact) mass is 301 g/mol. The summed E-state index contributed by atoms with van der Waals surface area (Å²) < 4.78 is 0. The van der Waals surface area contributed by atoms with Crippen molar-refractivity contribution in [1.82, 2.24) is 4.90 Å². The number of hydrogen-bond donors (Lipinski definition) is 0. The van der Waals surface area contributed by atoms with Gasteiger partial charge in [0, 0.05) is 30.5 Å². The second-order valence-electron chi connectivity index (χ2n) is 5.22. The molecule has 2 aliphatic rings. The van der Waals surface area contributed by atoms with Gasteiger partial charge in [-0.15, -0.1) is 11.8 Å². The first-order valence-electron chi connectivity index (χ1n) is 6.79. The summed E-state index contributed by atoms with van der Waals surface area (Å²) in [5, 5.41) is 9.09. The van der Waals surface area contributed by atoms with E-state index in [1.165, 1.54) is 0 Å². The van der Waals surface area contributed by atoms with Crippen LogP contribution in [-0.2, 0) is 11.2 Å². The molecule has 2 heterocycles. The fourth-order valence-corrected chi connectivity index (χ4v) is 3.78. The predicted octanol–water partition coefficient (Wildman–Crippen LogP) is 1.63. The Hall–Kier alpha value is -2.00. The number of benzene rings is 1. The van der Waals surface area contributed by atoms with Crippen molar-refractivity contribution in [2.45, 2.75) is 18.9 Å². The Bertz CT molecular complexity index is 653. The van der Waals surface area contributed by atoms with Crippen LogP contribution in [0.4, 0.5) is 5.69 Å². The Morgan fingerprint density at radius 2 is 2.24 bits per heavy atom. The van der Waals surface area contributed by atoms with Crippen molar-refractivity contribution in [2.75, 3.05) is 23.6 Å². The van der Waals surface area contributed by atoms with Crippen molar-refractivity contribution in [3.63, 3.8) is 0 Å². The van der Waals surface area contributed by atoms with Crippen LogP contribution in [0, 0.1) is 11.3 Å². The summed E-state index contributed by atoms with van der Waals surface area (Å²) in [4.78, 5) is 27.5. The van der Waals surface area contributed by atoms with Crippen molar-refractivity contribution in [1.29, 1.82) is 5.26 Å². The van der Waals surface area contributed by atoms with Gasteiger partial charge in [-0.3, -0.25) is 9.59 Å². The molecule has 1 aromatic carbocycles. The van der Waals surface area contributed by atoms with Gasteiger partial charge in [0.25, 0.3) is 5.91 Å². The lowest BCUT2D eigenvalue weighted by Crippen LogP contribution is -2.36. The van der Waals surface area contributed by atoms with Crippen LogP contribution in [-0.4, -0.2) is 41.4 Å². The molecule has 0 bridgehead atoms. The zero-order chi connectivity index (χ0) is 15.0. The van der Waals surface area contributed by atoms with E-state index in [1.807, 2.05) is 12.1 Å². The Balaban J connectivity index is 1.89. The van der Waals surface area contributed by atoms with Crippen LogP contribution in [0.25, 0.3) is 0 Å². The molecule has 0 spiro atoms. The Morgan fingerprint density at radius 1 is 1.43 bits per heavy atom. The largest absolute Gasteiger partial charge is 0.315 e. The summed E-state index contributed by atoms with van der Waals surface area (Å²) in [6.45, 7) is 0. The molecule has 1 saturated heterocycles. The van der Waals surface area contributed by atoms with Crippen molar-refractivity contribution in [2.24, 2.45) is 0 Å². The standard InChI is InChI=1S/C15H15N3O2S/c1-17-13-4-2-11(6-10(13)3-5-14(17)19)15(20)18-9-21-8-12(18)7-16/h2,4,6,12H,3,5,8-9H2,1H3/t12-/m1/s1. The number of thioether (sulfide) groups is 1. The third-order valence-corrected chi connectivity index (χ3v) is 4.97. The number of carbonyl (C=O) groups is 2. The van der Waals surface area contributed by atoms with Gasteiger partial charge in [0.1, 0.15) is 6.04 Å². The quantitative estimate of drug-likeness (QED) is 0.791. The van der Waals surface area contributed by atoms with Crippen molar-refractivity contribution >= 4 is 29.3 Å². The minimum Gasteiger partial charge on any atom is -0.315 e. The summed E-state index contributed by atoms with van der Waals surface area (Å²) in [6, 6.07) is 7.25. The van der Waals surface area contributed by atoms with Gasteiger partial charge in [0.2, 0.25) is 5.91 Å². The average Bonchev–Trinajstić information content (AvgIpc) is 2.98. The van der Waals surface area contributed by atoms with Gasteiger partial charge in [-0.1, -0.05) is 0 Å². The third kappa shape index (κ3) is 2.38. The van der Waals surface area contributed by atoms with E-state index in [4.69, 9.17) is 5.26 Å². The van der Waals surface area contributed by atoms with E-state index in [-0.39, 0.29) is 17.9 Å². The molecule has 2 amide bonds. The SMILES string of the molecule is CN1C(=O)CCc2cc(C(=O)N3CSC[C@H]3C#N)ccc21. The molecule has 3 rings (SSSR count). The average molecular weight is 301 g/mol. The maximum Gasteiger partial charge on any atom is 0.255 e. The molecule has 0 N–H and O–H groups in total. The van der Waals surface area contributed by atoms with Gasteiger partial charge in [-0.2, -0.15) is 5.26 Å². The molecular weight excluding hydrogens is 286 g/mol. The van der Waals surface area contributed by atoms with E-state index in [1.54, 1.807) is 34.7 Å². The van der Waals surface area contributed by atoms with E-state index in [0.717, 1.165) is 11.3 Å². The topological polar surface area (TPSA) is 64.4 Å². The molecule has 5 nitrogen and oxygen atoms in total. The summed E-state index contributed by atoms with van der Waals surface area (Å²) >= 11 is 1.60. The molecule has 0 radical (unpaired) electrons. The third-order valence-electron chi connectivity index (χ3n) is 3.96. The number of nitriles is 1. The van der Waals surface area contributed by atoms with Gasteiger partial charge in [0.05, 0.1) is 11.9 Å². The molecule has 1 aromatic rings. The Labute approximate surface area is 127 Å². The van der Waals surface area contributed by atoms with Gasteiger partial charge in [-0.05, 0) is 30.2 Å². The maximum atomic E-state index is 12.5. The highest BCUT2D eigenvalue weighted by molar-refractivity contribution is 7.99. The smallest absolute Gasteiger partial charge is 0.255 e. The van der Waals surface area contributed by atoms with Crippen LogP contribution in [0.15, 0.2) is 18.2 Å². The van der Waals surface area contributed by atoms with E-state index in [9.17, 15) is 9.59 Å². The molecule has 21 heavy (non-hydrogen) atoms. The molecule has 0 aromatic heterocycles. The van der Waals surface area contributed by atoms with Crippen molar-refractivity contribution < 1.29 is 9.59 Å². The number of nitrogens with zero attached hydrogens (tertiary/aromatic N) is 3.